The van der Waals surface area contributed by atoms with E-state index in [0.29, 0.717) is 11.5 Å². The fourth-order valence-corrected chi connectivity index (χ4v) is 1.31. The van der Waals surface area contributed by atoms with Crippen molar-refractivity contribution in [2.24, 2.45) is 5.10 Å². The van der Waals surface area contributed by atoms with Gasteiger partial charge in [0.05, 0.1) is 11.8 Å². The van der Waals surface area contributed by atoms with Gasteiger partial charge in [0.15, 0.2) is 0 Å². The number of aromatic nitrogens is 1. The minimum Gasteiger partial charge on any atom is -0.463 e. The predicted molar refractivity (Wildman–Crippen MR) is 63.8 cm³/mol. The number of hydrogen-bond acceptors (Lipinski definition) is 4. The van der Waals surface area contributed by atoms with Crippen molar-refractivity contribution in [3.05, 3.63) is 48.0 Å². The van der Waals surface area contributed by atoms with Gasteiger partial charge in [0, 0.05) is 6.20 Å². The number of nitrogens with zero attached hydrogens (tertiary/aromatic N) is 2. The Labute approximate surface area is 107 Å². The monoisotopic (exact) mass is 269 g/mol. The molecule has 0 spiro atoms. The molecule has 2 rings (SSSR count). The third kappa shape index (κ3) is 3.34. The first-order valence-corrected chi connectivity index (χ1v) is 5.34. The Morgan fingerprint density at radius 2 is 2.11 bits per heavy atom. The summed E-state index contributed by atoms with van der Waals surface area (Å²) < 4.78 is 42.1. The van der Waals surface area contributed by atoms with Crippen molar-refractivity contribution in [1.82, 2.24) is 4.98 Å². The van der Waals surface area contributed by atoms with E-state index in [0.717, 1.165) is 12.3 Å². The molecule has 2 heterocycles. The largest absolute Gasteiger partial charge is 0.463 e. The molecule has 0 saturated carbocycles. The minimum absolute atomic E-state index is 0.221. The normalized spacial score (nSPS) is 12.5. The highest BCUT2D eigenvalue weighted by molar-refractivity contribution is 5.96. The van der Waals surface area contributed by atoms with Crippen LogP contribution in [0.1, 0.15) is 18.2 Å². The topological polar surface area (TPSA) is 50.4 Å². The molecule has 0 aliphatic rings. The van der Waals surface area contributed by atoms with E-state index in [-0.39, 0.29) is 5.82 Å². The van der Waals surface area contributed by atoms with Gasteiger partial charge in [-0.3, -0.25) is 5.43 Å². The van der Waals surface area contributed by atoms with Gasteiger partial charge in [-0.1, -0.05) is 0 Å². The van der Waals surface area contributed by atoms with E-state index in [1.807, 2.05) is 0 Å². The van der Waals surface area contributed by atoms with E-state index in [1.165, 1.54) is 12.3 Å². The van der Waals surface area contributed by atoms with Crippen molar-refractivity contribution in [3.63, 3.8) is 0 Å². The molecule has 0 aliphatic heterocycles. The summed E-state index contributed by atoms with van der Waals surface area (Å²) in [4.78, 5) is 3.63. The van der Waals surface area contributed by atoms with Gasteiger partial charge >= 0.3 is 6.18 Å². The van der Waals surface area contributed by atoms with Gasteiger partial charge in [-0.05, 0) is 31.2 Å². The molecule has 0 aromatic carbocycles. The van der Waals surface area contributed by atoms with Crippen LogP contribution in [-0.4, -0.2) is 10.7 Å². The Morgan fingerprint density at radius 1 is 1.32 bits per heavy atom. The number of alkyl halides is 3. The van der Waals surface area contributed by atoms with Crippen molar-refractivity contribution in [2.75, 3.05) is 5.43 Å². The molecule has 19 heavy (non-hydrogen) atoms. The lowest BCUT2D eigenvalue weighted by molar-refractivity contribution is -0.137. The molecule has 0 atom stereocenters. The Balaban J connectivity index is 2.06. The van der Waals surface area contributed by atoms with Gasteiger partial charge in [-0.2, -0.15) is 18.3 Å². The Hall–Kier alpha value is -2.31. The standard InChI is InChI=1S/C12H10F3N3O/c1-8(10-3-2-6-19-10)17-18-11-5-4-9(7-16-11)12(13,14)15/h2-7H,1H3,(H,16,18)/b17-8+. The summed E-state index contributed by atoms with van der Waals surface area (Å²) in [6.45, 7) is 1.70. The van der Waals surface area contributed by atoms with Crippen molar-refractivity contribution >= 4 is 11.5 Å². The minimum atomic E-state index is -4.39. The van der Waals surface area contributed by atoms with Crippen LogP contribution >= 0.6 is 0 Å². The van der Waals surface area contributed by atoms with Gasteiger partial charge in [-0.25, -0.2) is 4.98 Å². The van der Waals surface area contributed by atoms with Crippen LogP contribution in [0.2, 0.25) is 0 Å². The summed E-state index contributed by atoms with van der Waals surface area (Å²) in [6.07, 6.45) is -2.14. The number of hydrogen-bond donors (Lipinski definition) is 1. The number of furan rings is 1. The van der Waals surface area contributed by atoms with Gasteiger partial charge in [0.2, 0.25) is 0 Å². The third-order valence-corrected chi connectivity index (χ3v) is 2.31. The maximum Gasteiger partial charge on any atom is 0.417 e. The summed E-state index contributed by atoms with van der Waals surface area (Å²) in [5.74, 6) is 0.790. The van der Waals surface area contributed by atoms with E-state index in [1.54, 1.807) is 19.1 Å². The zero-order valence-corrected chi connectivity index (χ0v) is 9.90. The molecule has 0 radical (unpaired) electrons. The van der Waals surface area contributed by atoms with Crippen molar-refractivity contribution in [1.29, 1.82) is 0 Å². The SMILES string of the molecule is C/C(=N\Nc1ccc(C(F)(F)F)cn1)c1ccco1. The molecule has 1 N–H and O–H groups in total. The molecule has 4 nitrogen and oxygen atoms in total. The molecule has 0 saturated heterocycles. The third-order valence-electron chi connectivity index (χ3n) is 2.31. The first kappa shape index (κ1) is 13.1. The van der Waals surface area contributed by atoms with Crippen molar-refractivity contribution in [3.8, 4) is 0 Å². The second-order valence-electron chi connectivity index (χ2n) is 3.72. The lowest BCUT2D eigenvalue weighted by Gasteiger charge is -2.06. The zero-order chi connectivity index (χ0) is 13.9. The highest BCUT2D eigenvalue weighted by Gasteiger charge is 2.30. The zero-order valence-electron chi connectivity index (χ0n) is 9.90. The average molecular weight is 269 g/mol. The van der Waals surface area contributed by atoms with Crippen molar-refractivity contribution in [2.45, 2.75) is 13.1 Å². The molecule has 0 fully saturated rings. The molecule has 0 amide bonds. The van der Waals surface area contributed by atoms with E-state index >= 15 is 0 Å². The van der Waals surface area contributed by atoms with Crippen LogP contribution in [0.15, 0.2) is 46.2 Å². The number of anilines is 1. The molecule has 2 aromatic heterocycles. The average Bonchev–Trinajstić information content (AvgIpc) is 2.89. The Bertz CT molecular complexity index is 559. The van der Waals surface area contributed by atoms with Gasteiger partial charge < -0.3 is 4.42 Å². The molecule has 100 valence electrons. The lowest BCUT2D eigenvalue weighted by atomic mass is 10.3. The van der Waals surface area contributed by atoms with Gasteiger partial charge in [0.1, 0.15) is 17.3 Å². The van der Waals surface area contributed by atoms with Crippen LogP contribution < -0.4 is 5.43 Å². The van der Waals surface area contributed by atoms with E-state index in [9.17, 15) is 13.2 Å². The predicted octanol–water partition coefficient (Wildman–Crippen LogP) is 3.53. The molecule has 7 heteroatoms. The highest BCUT2D eigenvalue weighted by atomic mass is 19.4. The van der Waals surface area contributed by atoms with Crippen LogP contribution in [0.5, 0.6) is 0 Å². The summed E-state index contributed by atoms with van der Waals surface area (Å²) in [7, 11) is 0. The van der Waals surface area contributed by atoms with E-state index < -0.39 is 11.7 Å². The molecular weight excluding hydrogens is 259 g/mol. The Kier molecular flexibility index (Phi) is 3.55. The highest BCUT2D eigenvalue weighted by Crippen LogP contribution is 2.28. The van der Waals surface area contributed by atoms with E-state index in [4.69, 9.17) is 4.42 Å². The molecular formula is C12H10F3N3O. The fraction of sp³-hybridized carbons (Fsp3) is 0.167. The van der Waals surface area contributed by atoms with E-state index in [2.05, 4.69) is 15.5 Å². The van der Waals surface area contributed by atoms with Crippen LogP contribution in [-0.2, 0) is 6.18 Å². The number of hydrazone groups is 1. The quantitative estimate of drug-likeness (QED) is 0.685. The molecule has 0 aliphatic carbocycles. The van der Waals surface area contributed by atoms with Crippen LogP contribution in [0.25, 0.3) is 0 Å². The number of pyridine rings is 1. The van der Waals surface area contributed by atoms with Crippen LogP contribution in [0.3, 0.4) is 0 Å². The maximum absolute atomic E-state index is 12.3. The fourth-order valence-electron chi connectivity index (χ4n) is 1.31. The molecule has 0 unspecified atom stereocenters. The van der Waals surface area contributed by atoms with Crippen LogP contribution in [0, 0.1) is 0 Å². The second-order valence-corrected chi connectivity index (χ2v) is 3.72. The lowest BCUT2D eigenvalue weighted by Crippen LogP contribution is -2.06. The summed E-state index contributed by atoms with van der Waals surface area (Å²) >= 11 is 0. The van der Waals surface area contributed by atoms with Crippen LogP contribution in [0.4, 0.5) is 19.0 Å². The van der Waals surface area contributed by atoms with Gasteiger partial charge in [-0.15, -0.1) is 0 Å². The summed E-state index contributed by atoms with van der Waals surface area (Å²) in [6, 6.07) is 5.58. The van der Waals surface area contributed by atoms with Crippen molar-refractivity contribution < 1.29 is 17.6 Å². The smallest absolute Gasteiger partial charge is 0.417 e. The first-order valence-electron chi connectivity index (χ1n) is 5.34. The first-order chi connectivity index (χ1) is 8.97. The maximum atomic E-state index is 12.3. The summed E-state index contributed by atoms with van der Waals surface area (Å²) in [5.41, 5.74) is 2.32. The Morgan fingerprint density at radius 3 is 2.63 bits per heavy atom. The number of nitrogens with one attached hydrogen (secondary N) is 1. The van der Waals surface area contributed by atoms with Gasteiger partial charge in [0.25, 0.3) is 0 Å². The number of rotatable bonds is 3. The number of halogens is 3. The molecule has 2 aromatic rings. The molecule has 0 bridgehead atoms. The summed E-state index contributed by atoms with van der Waals surface area (Å²) in [5, 5.41) is 3.96. The second kappa shape index (κ2) is 5.13.